The van der Waals surface area contributed by atoms with Crippen molar-refractivity contribution in [1.29, 1.82) is 0 Å². The topological polar surface area (TPSA) is 28.9 Å². The van der Waals surface area contributed by atoms with Crippen LogP contribution in [0.5, 0.6) is 11.5 Å². The average molecular weight is 929 g/mol. The van der Waals surface area contributed by atoms with E-state index >= 15 is 0 Å². The van der Waals surface area contributed by atoms with Crippen LogP contribution < -0.4 is 30.9 Å². The van der Waals surface area contributed by atoms with E-state index in [1.165, 1.54) is 33.2 Å². The van der Waals surface area contributed by atoms with Gasteiger partial charge in [-0.05, 0) is 121 Å². The summed E-state index contributed by atoms with van der Waals surface area (Å²) in [7, 11) is 0. The van der Waals surface area contributed by atoms with Crippen LogP contribution in [0.15, 0.2) is 180 Å². The van der Waals surface area contributed by atoms with Crippen molar-refractivity contribution in [3.8, 4) is 34.1 Å². The van der Waals surface area contributed by atoms with Gasteiger partial charge in [0.2, 0.25) is 0 Å². The maximum absolute atomic E-state index is 7.38. The highest BCUT2D eigenvalue weighted by molar-refractivity contribution is 6.99. The first-order valence-electron chi connectivity index (χ1n) is 25.4. The Morgan fingerprint density at radius 1 is 0.394 bits per heavy atom. The van der Waals surface area contributed by atoms with Crippen molar-refractivity contribution in [2.45, 2.75) is 105 Å². The maximum atomic E-state index is 7.38. The largest absolute Gasteiger partial charge is 0.458 e. The first-order valence-corrected chi connectivity index (χ1v) is 25.4. The fourth-order valence-electron chi connectivity index (χ4n) is 10.6. The van der Waals surface area contributed by atoms with Gasteiger partial charge in [-0.25, -0.2) is 0 Å². The molecular weight excluding hydrogens is 864 g/mol. The Bertz CT molecular complexity index is 3400. The van der Waals surface area contributed by atoms with Crippen molar-refractivity contribution in [2.75, 3.05) is 9.80 Å². The van der Waals surface area contributed by atoms with E-state index in [1.54, 1.807) is 0 Å². The van der Waals surface area contributed by atoms with Crippen LogP contribution in [0.3, 0.4) is 0 Å². The van der Waals surface area contributed by atoms with Crippen LogP contribution in [0.1, 0.15) is 105 Å². The summed E-state index contributed by atoms with van der Waals surface area (Å²) in [5, 5.41) is 2.16. The van der Waals surface area contributed by atoms with Crippen molar-refractivity contribution in [2.24, 2.45) is 0 Å². The molecule has 2 aliphatic heterocycles. The van der Waals surface area contributed by atoms with Gasteiger partial charge in [0.25, 0.3) is 6.71 Å². The number of anilines is 6. The first-order chi connectivity index (χ1) is 33.7. The lowest BCUT2D eigenvalue weighted by Crippen LogP contribution is -2.59. The molecule has 9 aromatic rings. The van der Waals surface area contributed by atoms with Crippen molar-refractivity contribution in [1.82, 2.24) is 0 Å². The van der Waals surface area contributed by atoms with Crippen LogP contribution in [-0.2, 0) is 21.7 Å². The summed E-state index contributed by atoms with van der Waals surface area (Å²) in [6.45, 7) is 27.2. The van der Waals surface area contributed by atoms with Gasteiger partial charge in [-0.3, -0.25) is 0 Å². The number of nitrogens with zero attached hydrogens (tertiary/aromatic N) is 2. The monoisotopic (exact) mass is 929 g/mol. The lowest BCUT2D eigenvalue weighted by molar-refractivity contribution is 0.483. The second-order valence-corrected chi connectivity index (χ2v) is 23.9. The molecule has 0 radical (unpaired) electrons. The number of furan rings is 1. The SMILES string of the molecule is CC(C)(C)c1ccc(N(c2ccc(C(C)(C)C)cc2)c2ccc3c(c2)Oc2cc(C(C)(C)C)cc4c2B3c2cc3c(-c5ccccc5)oc(-c5ccccc5)c3cc2N4c2ccc(C(C)(C)C)cc2)cc1. The summed E-state index contributed by atoms with van der Waals surface area (Å²) in [5.74, 6) is 3.48. The fourth-order valence-corrected chi connectivity index (χ4v) is 10.6. The second kappa shape index (κ2) is 16.7. The Hall–Kier alpha value is -7.24. The molecule has 5 heteroatoms. The zero-order valence-electron chi connectivity index (χ0n) is 43.5. The van der Waals surface area contributed by atoms with Gasteiger partial charge in [-0.1, -0.05) is 192 Å². The lowest BCUT2D eigenvalue weighted by atomic mass is 9.34. The predicted molar refractivity (Wildman–Crippen MR) is 302 cm³/mol. The molecule has 0 saturated heterocycles. The molecule has 0 atom stereocenters. The predicted octanol–water partition coefficient (Wildman–Crippen LogP) is 16.8. The smallest absolute Gasteiger partial charge is 0.256 e. The van der Waals surface area contributed by atoms with Gasteiger partial charge in [-0.15, -0.1) is 0 Å². The van der Waals surface area contributed by atoms with E-state index in [2.05, 4.69) is 269 Å². The summed E-state index contributed by atoms with van der Waals surface area (Å²) in [4.78, 5) is 4.86. The zero-order valence-corrected chi connectivity index (χ0v) is 43.5. The molecular formula is C66H65BN2O2. The van der Waals surface area contributed by atoms with Gasteiger partial charge in [0.05, 0.1) is 0 Å². The summed E-state index contributed by atoms with van der Waals surface area (Å²) >= 11 is 0. The van der Waals surface area contributed by atoms with E-state index in [1.807, 2.05) is 0 Å². The summed E-state index contributed by atoms with van der Waals surface area (Å²) in [5.41, 5.74) is 17.2. The van der Waals surface area contributed by atoms with E-state index in [-0.39, 0.29) is 28.4 Å². The Balaban J connectivity index is 1.17. The van der Waals surface area contributed by atoms with Gasteiger partial charge >= 0.3 is 0 Å². The van der Waals surface area contributed by atoms with Gasteiger partial charge < -0.3 is 19.0 Å². The summed E-state index contributed by atoms with van der Waals surface area (Å²) < 4.78 is 14.5. The van der Waals surface area contributed by atoms with E-state index in [0.717, 1.165) is 84.5 Å². The highest BCUT2D eigenvalue weighted by atomic mass is 16.5. The molecule has 8 aromatic carbocycles. The van der Waals surface area contributed by atoms with Gasteiger partial charge in [0.1, 0.15) is 23.0 Å². The third-order valence-electron chi connectivity index (χ3n) is 14.8. The molecule has 0 bridgehead atoms. The molecule has 0 N–H and O–H groups in total. The average Bonchev–Trinajstić information content (AvgIpc) is 3.71. The highest BCUT2D eigenvalue weighted by Crippen LogP contribution is 2.48. The van der Waals surface area contributed by atoms with Crippen LogP contribution in [-0.4, -0.2) is 6.71 Å². The van der Waals surface area contributed by atoms with Gasteiger partial charge in [-0.2, -0.15) is 0 Å². The minimum Gasteiger partial charge on any atom is -0.458 e. The fraction of sp³-hybridized carbons (Fsp3) is 0.242. The molecule has 0 amide bonds. The number of hydrogen-bond acceptors (Lipinski definition) is 4. The highest BCUT2D eigenvalue weighted by Gasteiger charge is 2.44. The molecule has 0 spiro atoms. The Morgan fingerprint density at radius 2 is 0.859 bits per heavy atom. The molecule has 354 valence electrons. The quantitative estimate of drug-likeness (QED) is 0.155. The maximum Gasteiger partial charge on any atom is 0.256 e. The molecule has 1 aromatic heterocycles. The Morgan fingerprint density at radius 3 is 1.35 bits per heavy atom. The third-order valence-corrected chi connectivity index (χ3v) is 14.8. The van der Waals surface area contributed by atoms with E-state index in [0.29, 0.717) is 0 Å². The van der Waals surface area contributed by atoms with E-state index in [9.17, 15) is 0 Å². The van der Waals surface area contributed by atoms with Crippen LogP contribution >= 0.6 is 0 Å². The molecule has 0 saturated carbocycles. The van der Waals surface area contributed by atoms with Crippen molar-refractivity contribution < 1.29 is 9.15 Å². The van der Waals surface area contributed by atoms with E-state index < -0.39 is 0 Å². The molecule has 4 nitrogen and oxygen atoms in total. The van der Waals surface area contributed by atoms with Crippen LogP contribution in [0.4, 0.5) is 34.1 Å². The summed E-state index contributed by atoms with van der Waals surface area (Å²) in [6, 6.07) is 64.9. The molecule has 0 unspecified atom stereocenters. The molecule has 2 aliphatic rings. The summed E-state index contributed by atoms with van der Waals surface area (Å²) in [6.07, 6.45) is 0. The molecule has 0 fully saturated rings. The number of rotatable bonds is 6. The van der Waals surface area contributed by atoms with Crippen molar-refractivity contribution in [3.63, 3.8) is 0 Å². The standard InChI is InChI=1S/C66H65BN2O2/c1-63(2,3)44-23-29-48(30-24-44)68(49-31-25-45(26-32-49)64(4,5)6)51-35-36-54-58(39-51)70-59-38-47(66(10,11)12)37-57-60(59)67(54)55-40-52-53(41-56(55)69(57)50-33-27-46(28-34-50)65(7,8)9)62(43-21-17-14-18-22-43)71-61(52)42-19-15-13-16-20-42/h13-41H,1-12H3. The second-order valence-electron chi connectivity index (χ2n) is 23.9. The normalized spacial score (nSPS) is 13.4. The number of fused-ring (bicyclic) bond motifs is 5. The third kappa shape index (κ3) is 8.23. The van der Waals surface area contributed by atoms with Crippen LogP contribution in [0, 0.1) is 0 Å². The van der Waals surface area contributed by atoms with Crippen molar-refractivity contribution >= 4 is 68.0 Å². The molecule has 0 aliphatic carbocycles. The number of benzene rings is 8. The van der Waals surface area contributed by atoms with Crippen LogP contribution in [0.2, 0.25) is 0 Å². The van der Waals surface area contributed by atoms with Gasteiger partial charge in [0, 0.05) is 62.1 Å². The number of hydrogen-bond donors (Lipinski definition) is 0. The minimum atomic E-state index is -0.163. The van der Waals surface area contributed by atoms with E-state index in [4.69, 9.17) is 9.15 Å². The Labute approximate surface area is 422 Å². The van der Waals surface area contributed by atoms with Gasteiger partial charge in [0.15, 0.2) is 0 Å². The first kappa shape index (κ1) is 46.2. The van der Waals surface area contributed by atoms with Crippen LogP contribution in [0.25, 0.3) is 33.4 Å². The zero-order chi connectivity index (χ0) is 49.8. The molecule has 3 heterocycles. The lowest BCUT2D eigenvalue weighted by Gasteiger charge is -2.41. The molecule has 11 rings (SSSR count). The van der Waals surface area contributed by atoms with Crippen molar-refractivity contribution in [3.05, 3.63) is 198 Å². The Kier molecular flexibility index (Phi) is 10.9. The minimum absolute atomic E-state index is 0.00780. The number of ether oxygens (including phenoxy) is 1. The molecule has 71 heavy (non-hydrogen) atoms.